The van der Waals surface area contributed by atoms with Gasteiger partial charge in [-0.15, -0.1) is 0 Å². The summed E-state index contributed by atoms with van der Waals surface area (Å²) < 4.78 is 30.1. The maximum absolute atomic E-state index is 12.5. The smallest absolute Gasteiger partial charge is 0.241 e. The number of hydroxylamine groups is 1. The molecule has 0 bridgehead atoms. The average molecular weight is 337 g/mol. The molecule has 1 N–H and O–H groups in total. The van der Waals surface area contributed by atoms with Crippen molar-refractivity contribution in [3.05, 3.63) is 35.2 Å². The van der Waals surface area contributed by atoms with E-state index in [1.165, 1.54) is 6.21 Å². The molecule has 2 rings (SSSR count). The highest BCUT2D eigenvalue weighted by molar-refractivity contribution is 7.89. The van der Waals surface area contributed by atoms with E-state index in [1.54, 1.807) is 39.8 Å². The molecule has 7 heteroatoms. The third kappa shape index (κ3) is 3.40. The molecule has 0 aliphatic rings. The minimum atomic E-state index is -3.67. The summed E-state index contributed by atoms with van der Waals surface area (Å²) in [4.78, 5) is 0.114. The number of nitrogens with one attached hydrogen (secondary N) is 1. The van der Waals surface area contributed by atoms with Crippen molar-refractivity contribution in [1.82, 2.24) is 9.29 Å². The molecule has 126 valence electrons. The van der Waals surface area contributed by atoms with Gasteiger partial charge in [0.1, 0.15) is 0 Å². The number of hydrogen-bond donors (Lipinski definition) is 1. The average Bonchev–Trinajstić information content (AvgIpc) is 2.80. The van der Waals surface area contributed by atoms with E-state index < -0.39 is 15.6 Å². The van der Waals surface area contributed by atoms with Gasteiger partial charge in [0.2, 0.25) is 10.0 Å². The molecule has 0 saturated heterocycles. The van der Waals surface area contributed by atoms with Gasteiger partial charge in [-0.1, -0.05) is 6.92 Å². The standard InChI is InChI=1S/C16H23N3O3S/c1-6-17-23(21,22)15-8-7-14-12(9-10-18(14)5)13(15)11-19(20)16(2,3)4/h7-11,17H,6H2,1-5H3/b19-11-. The molecule has 2 aromatic rings. The monoisotopic (exact) mass is 337 g/mol. The van der Waals surface area contributed by atoms with Gasteiger partial charge >= 0.3 is 0 Å². The van der Waals surface area contributed by atoms with E-state index in [1.807, 2.05) is 23.9 Å². The van der Waals surface area contributed by atoms with Crippen LogP contribution in [0.5, 0.6) is 0 Å². The van der Waals surface area contributed by atoms with Crippen molar-refractivity contribution in [2.24, 2.45) is 7.05 Å². The minimum Gasteiger partial charge on any atom is -0.623 e. The maximum atomic E-state index is 12.5. The van der Waals surface area contributed by atoms with Crippen LogP contribution in [0, 0.1) is 5.21 Å². The van der Waals surface area contributed by atoms with Crippen molar-refractivity contribution >= 4 is 27.1 Å². The highest BCUT2D eigenvalue weighted by Crippen LogP contribution is 2.25. The second kappa shape index (κ2) is 5.98. The second-order valence-electron chi connectivity index (χ2n) is 6.46. The number of aryl methyl sites for hydroxylation is 1. The van der Waals surface area contributed by atoms with Gasteiger partial charge in [-0.05, 0) is 18.2 Å². The lowest BCUT2D eigenvalue weighted by molar-refractivity contribution is -0.530. The number of sulfonamides is 1. The molecule has 0 aliphatic carbocycles. The Morgan fingerprint density at radius 1 is 1.30 bits per heavy atom. The van der Waals surface area contributed by atoms with Gasteiger partial charge in [0.25, 0.3) is 0 Å². The van der Waals surface area contributed by atoms with Crippen LogP contribution in [0.15, 0.2) is 29.3 Å². The molecule has 6 nitrogen and oxygen atoms in total. The van der Waals surface area contributed by atoms with Gasteiger partial charge in [0, 0.05) is 51.5 Å². The number of benzene rings is 1. The zero-order chi connectivity index (χ0) is 17.4. The third-order valence-electron chi connectivity index (χ3n) is 3.60. The highest BCUT2D eigenvalue weighted by atomic mass is 32.2. The molecule has 0 fully saturated rings. The Bertz CT molecular complexity index is 859. The van der Waals surface area contributed by atoms with Crippen molar-refractivity contribution < 1.29 is 13.2 Å². The molecule has 0 amide bonds. The van der Waals surface area contributed by atoms with Crippen molar-refractivity contribution in [3.8, 4) is 0 Å². The predicted molar refractivity (Wildman–Crippen MR) is 92.3 cm³/mol. The fourth-order valence-corrected chi connectivity index (χ4v) is 3.54. The van der Waals surface area contributed by atoms with E-state index in [2.05, 4.69) is 4.72 Å². The number of aromatic nitrogens is 1. The first-order valence-corrected chi connectivity index (χ1v) is 8.95. The lowest BCUT2D eigenvalue weighted by Gasteiger charge is -2.19. The largest absolute Gasteiger partial charge is 0.623 e. The van der Waals surface area contributed by atoms with Crippen LogP contribution in [0.25, 0.3) is 10.9 Å². The summed E-state index contributed by atoms with van der Waals surface area (Å²) in [7, 11) is -1.79. The van der Waals surface area contributed by atoms with Crippen LogP contribution in [0.4, 0.5) is 0 Å². The summed E-state index contributed by atoms with van der Waals surface area (Å²) in [6, 6.07) is 5.12. The van der Waals surface area contributed by atoms with E-state index in [9.17, 15) is 13.6 Å². The van der Waals surface area contributed by atoms with Crippen LogP contribution in [0.1, 0.15) is 33.3 Å². The van der Waals surface area contributed by atoms with Crippen LogP contribution in [0.2, 0.25) is 0 Å². The van der Waals surface area contributed by atoms with Gasteiger partial charge < -0.3 is 9.77 Å². The summed E-state index contributed by atoms with van der Waals surface area (Å²) >= 11 is 0. The highest BCUT2D eigenvalue weighted by Gasteiger charge is 2.24. The van der Waals surface area contributed by atoms with Crippen molar-refractivity contribution in [1.29, 1.82) is 0 Å². The molecule has 1 aromatic heterocycles. The molecular formula is C16H23N3O3S. The normalized spacial score (nSPS) is 13.7. The zero-order valence-corrected chi connectivity index (χ0v) is 14.9. The minimum absolute atomic E-state index is 0.114. The molecule has 23 heavy (non-hydrogen) atoms. The van der Waals surface area contributed by atoms with E-state index in [-0.39, 0.29) is 11.4 Å². The van der Waals surface area contributed by atoms with E-state index in [4.69, 9.17) is 0 Å². The number of nitrogens with zero attached hydrogens (tertiary/aromatic N) is 2. The van der Waals surface area contributed by atoms with E-state index in [0.29, 0.717) is 5.56 Å². The molecule has 1 heterocycles. The first kappa shape index (κ1) is 17.5. The molecular weight excluding hydrogens is 314 g/mol. The van der Waals surface area contributed by atoms with Crippen LogP contribution in [-0.4, -0.2) is 36.0 Å². The first-order valence-electron chi connectivity index (χ1n) is 7.47. The lowest BCUT2D eigenvalue weighted by Crippen LogP contribution is -2.30. The summed E-state index contributed by atoms with van der Waals surface area (Å²) in [6.45, 7) is 7.34. The topological polar surface area (TPSA) is 77.2 Å². The molecule has 0 radical (unpaired) electrons. The maximum Gasteiger partial charge on any atom is 0.241 e. The van der Waals surface area contributed by atoms with E-state index >= 15 is 0 Å². The molecule has 1 aromatic carbocycles. The Hall–Kier alpha value is -1.86. The van der Waals surface area contributed by atoms with Crippen LogP contribution >= 0.6 is 0 Å². The number of fused-ring (bicyclic) bond motifs is 1. The fourth-order valence-electron chi connectivity index (χ4n) is 2.30. The Labute approximate surface area is 137 Å². The Morgan fingerprint density at radius 3 is 2.52 bits per heavy atom. The number of rotatable bonds is 4. The Morgan fingerprint density at radius 2 is 1.96 bits per heavy atom. The summed E-state index contributed by atoms with van der Waals surface area (Å²) in [5.74, 6) is 0. The quantitative estimate of drug-likeness (QED) is 0.402. The first-order chi connectivity index (χ1) is 10.6. The van der Waals surface area contributed by atoms with Crippen molar-refractivity contribution in [3.63, 3.8) is 0 Å². The van der Waals surface area contributed by atoms with Crippen LogP contribution in [0.3, 0.4) is 0 Å². The van der Waals surface area contributed by atoms with Crippen LogP contribution in [-0.2, 0) is 17.1 Å². The van der Waals surface area contributed by atoms with Crippen molar-refractivity contribution in [2.45, 2.75) is 38.1 Å². The second-order valence-corrected chi connectivity index (χ2v) is 8.20. The van der Waals surface area contributed by atoms with Gasteiger partial charge in [-0.3, -0.25) is 0 Å². The molecule has 0 aliphatic heterocycles. The van der Waals surface area contributed by atoms with Crippen molar-refractivity contribution in [2.75, 3.05) is 6.54 Å². The van der Waals surface area contributed by atoms with E-state index in [0.717, 1.165) is 15.6 Å². The SMILES string of the molecule is CCNS(=O)(=O)c1ccc2c(ccn2C)c1/C=[N+](\[O-])C(C)(C)C. The zero-order valence-electron chi connectivity index (χ0n) is 14.1. The Balaban J connectivity index is 2.82. The molecule has 0 saturated carbocycles. The number of hydrogen-bond acceptors (Lipinski definition) is 3. The van der Waals surface area contributed by atoms with Gasteiger partial charge in [-0.25, -0.2) is 17.9 Å². The third-order valence-corrected chi connectivity index (χ3v) is 5.20. The van der Waals surface area contributed by atoms with Gasteiger partial charge in [0.05, 0.1) is 10.5 Å². The summed E-state index contributed by atoms with van der Waals surface area (Å²) in [6.07, 6.45) is 3.21. The summed E-state index contributed by atoms with van der Waals surface area (Å²) in [5, 5.41) is 13.1. The molecule has 0 spiro atoms. The van der Waals surface area contributed by atoms with Crippen LogP contribution < -0.4 is 4.72 Å². The van der Waals surface area contributed by atoms with Gasteiger partial charge in [-0.2, -0.15) is 0 Å². The molecule has 0 unspecified atom stereocenters. The fraction of sp³-hybridized carbons (Fsp3) is 0.438. The Kier molecular flexibility index (Phi) is 4.54. The van der Waals surface area contributed by atoms with Gasteiger partial charge in [0.15, 0.2) is 11.8 Å². The predicted octanol–water partition coefficient (Wildman–Crippen LogP) is 2.20. The lowest BCUT2D eigenvalue weighted by atomic mass is 10.1. The molecule has 0 atom stereocenters. The summed E-state index contributed by atoms with van der Waals surface area (Å²) in [5.41, 5.74) is 0.624.